The molecule has 2 aromatic heterocycles. The molecule has 0 fully saturated rings. The number of para-hydroxylation sites is 2. The van der Waals surface area contributed by atoms with Gasteiger partial charge in [-0.1, -0.05) is 36.4 Å². The molecule has 2 heterocycles. The Balaban J connectivity index is 1.37. The maximum absolute atomic E-state index is 15.3. The Morgan fingerprint density at radius 2 is 1.73 bits per heavy atom. The number of aromatic nitrogens is 2. The molecule has 0 aliphatic carbocycles. The Hall–Kier alpha value is -4.39. The van der Waals surface area contributed by atoms with Crippen molar-refractivity contribution in [3.05, 3.63) is 90.5 Å². The number of pyridine rings is 1. The molecule has 0 spiro atoms. The van der Waals surface area contributed by atoms with E-state index in [1.807, 2.05) is 54.7 Å². The van der Waals surface area contributed by atoms with E-state index in [2.05, 4.69) is 26.7 Å². The molecule has 0 saturated heterocycles. The zero-order chi connectivity index (χ0) is 22.6. The highest BCUT2D eigenvalue weighted by molar-refractivity contribution is 5.93. The Bertz CT molecular complexity index is 1440. The summed E-state index contributed by atoms with van der Waals surface area (Å²) in [5, 5.41) is 15.8. The summed E-state index contributed by atoms with van der Waals surface area (Å²) in [6, 6.07) is 21.0. The summed E-state index contributed by atoms with van der Waals surface area (Å²) in [4.78, 5) is 7.61. The second-order valence-corrected chi connectivity index (χ2v) is 7.58. The van der Waals surface area contributed by atoms with Crippen LogP contribution in [0, 0.1) is 11.2 Å². The zero-order valence-corrected chi connectivity index (χ0v) is 17.7. The fourth-order valence-electron chi connectivity index (χ4n) is 3.99. The van der Waals surface area contributed by atoms with E-state index in [9.17, 15) is 0 Å². The number of benzene rings is 3. The maximum atomic E-state index is 15.3. The smallest absolute Gasteiger partial charge is 0.190 e. The maximum Gasteiger partial charge on any atom is 0.190 e. The zero-order valence-electron chi connectivity index (χ0n) is 17.7. The Morgan fingerprint density at radius 3 is 2.61 bits per heavy atom. The van der Waals surface area contributed by atoms with Crippen LogP contribution in [0.5, 0.6) is 5.75 Å². The van der Waals surface area contributed by atoms with E-state index >= 15 is 4.39 Å². The van der Waals surface area contributed by atoms with Crippen molar-refractivity contribution in [1.29, 1.82) is 5.41 Å². The number of hydrogen-bond donors (Lipinski definition) is 4. The minimum Gasteiger partial charge on any atom is -0.441 e. The van der Waals surface area contributed by atoms with Crippen LogP contribution in [0.25, 0.3) is 21.8 Å². The third-order valence-electron chi connectivity index (χ3n) is 5.58. The normalized spacial score (nSPS) is 10.9. The van der Waals surface area contributed by atoms with Gasteiger partial charge in [0.1, 0.15) is 0 Å². The van der Waals surface area contributed by atoms with Gasteiger partial charge in [-0.25, -0.2) is 4.39 Å². The molecule has 0 bridgehead atoms. The number of aromatic amines is 1. The molecular weight excluding hydrogens is 417 g/mol. The molecule has 7 heteroatoms. The number of nitrogens with zero attached hydrogens (tertiary/aromatic N) is 1. The molecule has 3 aromatic carbocycles. The molecule has 4 N–H and O–H groups in total. The van der Waals surface area contributed by atoms with Crippen molar-refractivity contribution in [3.8, 4) is 5.75 Å². The second-order valence-electron chi connectivity index (χ2n) is 7.58. The predicted molar refractivity (Wildman–Crippen MR) is 131 cm³/mol. The average Bonchev–Trinajstić information content (AvgIpc) is 3.26. The van der Waals surface area contributed by atoms with Gasteiger partial charge >= 0.3 is 0 Å². The number of H-pyrrole nitrogens is 1. The first-order valence-corrected chi connectivity index (χ1v) is 10.6. The number of anilines is 3. The summed E-state index contributed by atoms with van der Waals surface area (Å²) in [7, 11) is 0. The van der Waals surface area contributed by atoms with Gasteiger partial charge in [0.2, 0.25) is 0 Å². The molecule has 0 atom stereocenters. The third kappa shape index (κ3) is 4.08. The Labute approximate surface area is 189 Å². The van der Waals surface area contributed by atoms with Crippen molar-refractivity contribution in [2.24, 2.45) is 0 Å². The first-order valence-electron chi connectivity index (χ1n) is 10.6. The standard InChI is InChI=1S/C26H22FN5O/c27-25-23(30-13-11-17-15-31-20-7-3-1-5-18(17)20)9-10-24(26(25)33-16-28)32-22-12-14-29-21-8-4-2-6-19(21)22/h1-10,12,14-16,28,30-31H,11,13H2,(H,29,32). The number of hydrogen-bond acceptors (Lipinski definition) is 5. The largest absolute Gasteiger partial charge is 0.441 e. The van der Waals surface area contributed by atoms with Crippen LogP contribution in [0.4, 0.5) is 21.5 Å². The van der Waals surface area contributed by atoms with Crippen LogP contribution in [-0.4, -0.2) is 22.9 Å². The monoisotopic (exact) mass is 439 g/mol. The van der Waals surface area contributed by atoms with Crippen LogP contribution in [0.1, 0.15) is 5.56 Å². The molecule has 0 radical (unpaired) electrons. The fraction of sp³-hybridized carbons (Fsp3) is 0.0769. The topological polar surface area (TPSA) is 85.8 Å². The van der Waals surface area contributed by atoms with Crippen molar-refractivity contribution in [2.45, 2.75) is 6.42 Å². The fourth-order valence-corrected chi connectivity index (χ4v) is 3.99. The number of ether oxygens (including phenoxy) is 1. The molecule has 33 heavy (non-hydrogen) atoms. The minimum atomic E-state index is -0.555. The molecule has 0 aliphatic rings. The Kier molecular flexibility index (Phi) is 5.59. The molecule has 0 saturated carbocycles. The average molecular weight is 439 g/mol. The highest BCUT2D eigenvalue weighted by atomic mass is 19.1. The summed E-state index contributed by atoms with van der Waals surface area (Å²) in [5.74, 6) is -0.594. The summed E-state index contributed by atoms with van der Waals surface area (Å²) in [6.07, 6.45) is 5.13. The van der Waals surface area contributed by atoms with Gasteiger partial charge in [0.25, 0.3) is 0 Å². The van der Waals surface area contributed by atoms with E-state index in [1.54, 1.807) is 18.3 Å². The van der Waals surface area contributed by atoms with Gasteiger partial charge in [-0.2, -0.15) is 0 Å². The lowest BCUT2D eigenvalue weighted by atomic mass is 10.1. The first-order chi connectivity index (χ1) is 16.2. The van der Waals surface area contributed by atoms with E-state index in [-0.39, 0.29) is 5.75 Å². The number of fused-ring (bicyclic) bond motifs is 2. The van der Waals surface area contributed by atoms with E-state index in [0.717, 1.165) is 45.9 Å². The molecular formula is C26H22FN5O. The van der Waals surface area contributed by atoms with Crippen LogP contribution in [0.3, 0.4) is 0 Å². The minimum absolute atomic E-state index is 0.0389. The second kappa shape index (κ2) is 9.00. The van der Waals surface area contributed by atoms with Gasteiger partial charge in [-0.3, -0.25) is 10.4 Å². The van der Waals surface area contributed by atoms with Crippen LogP contribution in [0.2, 0.25) is 0 Å². The molecule has 5 aromatic rings. The summed E-state index contributed by atoms with van der Waals surface area (Å²) < 4.78 is 20.6. The first kappa shape index (κ1) is 20.5. The molecule has 0 unspecified atom stereocenters. The summed E-state index contributed by atoms with van der Waals surface area (Å²) in [5.41, 5.74) is 4.59. The van der Waals surface area contributed by atoms with Crippen molar-refractivity contribution in [3.63, 3.8) is 0 Å². The van der Waals surface area contributed by atoms with Gasteiger partial charge in [-0.15, -0.1) is 0 Å². The van der Waals surface area contributed by atoms with Crippen LogP contribution < -0.4 is 15.4 Å². The number of rotatable bonds is 8. The van der Waals surface area contributed by atoms with Gasteiger partial charge in [0.05, 0.1) is 16.9 Å². The quantitative estimate of drug-likeness (QED) is 0.170. The van der Waals surface area contributed by atoms with E-state index in [0.29, 0.717) is 17.9 Å². The van der Waals surface area contributed by atoms with Crippen molar-refractivity contribution >= 4 is 45.3 Å². The van der Waals surface area contributed by atoms with E-state index in [1.165, 1.54) is 0 Å². The number of halogens is 1. The van der Waals surface area contributed by atoms with Crippen LogP contribution in [0.15, 0.2) is 79.1 Å². The lowest BCUT2D eigenvalue weighted by molar-refractivity contribution is 0.507. The molecule has 5 rings (SSSR count). The van der Waals surface area contributed by atoms with E-state index in [4.69, 9.17) is 10.1 Å². The van der Waals surface area contributed by atoms with Gasteiger partial charge in [0, 0.05) is 40.9 Å². The molecule has 6 nitrogen and oxygen atoms in total. The van der Waals surface area contributed by atoms with E-state index < -0.39 is 5.82 Å². The molecule has 0 aliphatic heterocycles. The van der Waals surface area contributed by atoms with Gasteiger partial charge < -0.3 is 20.4 Å². The van der Waals surface area contributed by atoms with Crippen molar-refractivity contribution in [2.75, 3.05) is 17.2 Å². The third-order valence-corrected chi connectivity index (χ3v) is 5.58. The van der Waals surface area contributed by atoms with Crippen molar-refractivity contribution in [1.82, 2.24) is 9.97 Å². The van der Waals surface area contributed by atoms with Crippen LogP contribution in [-0.2, 0) is 6.42 Å². The van der Waals surface area contributed by atoms with Gasteiger partial charge in [-0.05, 0) is 42.3 Å². The SMILES string of the molecule is N=COc1c(Nc2ccnc3ccccc23)ccc(NCCc2c[nH]c3ccccc23)c1F. The Morgan fingerprint density at radius 1 is 0.939 bits per heavy atom. The molecule has 164 valence electrons. The van der Waals surface area contributed by atoms with Gasteiger partial charge in [0.15, 0.2) is 18.0 Å². The highest BCUT2D eigenvalue weighted by Gasteiger charge is 2.16. The lowest BCUT2D eigenvalue weighted by Gasteiger charge is -2.16. The summed E-state index contributed by atoms with van der Waals surface area (Å²) in [6.45, 7) is 0.546. The summed E-state index contributed by atoms with van der Waals surface area (Å²) >= 11 is 0. The highest BCUT2D eigenvalue weighted by Crippen LogP contribution is 2.36. The van der Waals surface area contributed by atoms with Crippen LogP contribution >= 0.6 is 0 Å². The predicted octanol–water partition coefficient (Wildman–Crippen LogP) is 6.24. The lowest BCUT2D eigenvalue weighted by Crippen LogP contribution is -2.08. The molecule has 0 amide bonds. The van der Waals surface area contributed by atoms with Crippen molar-refractivity contribution < 1.29 is 9.13 Å². The number of nitrogens with one attached hydrogen (secondary N) is 4.